The highest BCUT2D eigenvalue weighted by Crippen LogP contribution is 2.37. The lowest BCUT2D eigenvalue weighted by molar-refractivity contribution is -0.131. The van der Waals surface area contributed by atoms with Gasteiger partial charge in [0.05, 0.1) is 5.92 Å². The summed E-state index contributed by atoms with van der Waals surface area (Å²) >= 11 is 0. The fourth-order valence-corrected chi connectivity index (χ4v) is 3.47. The van der Waals surface area contributed by atoms with Gasteiger partial charge in [-0.05, 0) is 35.3 Å². The van der Waals surface area contributed by atoms with Crippen LogP contribution in [-0.4, -0.2) is 17.7 Å². The first-order chi connectivity index (χ1) is 12.8. The van der Waals surface area contributed by atoms with Crippen LogP contribution in [0.1, 0.15) is 17.5 Å². The first kappa shape index (κ1) is 16.4. The molecule has 2 aromatic carbocycles. The highest BCUT2D eigenvalue weighted by Gasteiger charge is 2.21. The van der Waals surface area contributed by atoms with Crippen LogP contribution in [0.2, 0.25) is 0 Å². The number of rotatable bonds is 3. The second kappa shape index (κ2) is 7.02. The zero-order valence-electron chi connectivity index (χ0n) is 14.3. The average Bonchev–Trinajstić information content (AvgIpc) is 2.86. The number of nitrogens with zero attached hydrogens (tertiary/aromatic N) is 1. The predicted octanol–water partition coefficient (Wildman–Crippen LogP) is 4.32. The SMILES string of the molecule is O=C(NO)C1C=CC(CN2c3ccccc3C=Cc3ccccc32)=CC1. The number of carbonyl (C=O) groups excluding carboxylic acids is 1. The molecular weight excluding hydrogens is 324 g/mol. The quantitative estimate of drug-likeness (QED) is 0.644. The summed E-state index contributed by atoms with van der Waals surface area (Å²) in [4.78, 5) is 13.9. The third kappa shape index (κ3) is 3.07. The van der Waals surface area contributed by atoms with Gasteiger partial charge in [-0.25, -0.2) is 5.48 Å². The fourth-order valence-electron chi connectivity index (χ4n) is 3.47. The first-order valence-electron chi connectivity index (χ1n) is 8.71. The summed E-state index contributed by atoms with van der Waals surface area (Å²) < 4.78 is 0. The second-order valence-corrected chi connectivity index (χ2v) is 6.49. The Hall–Kier alpha value is -3.11. The number of para-hydroxylation sites is 2. The molecule has 1 aliphatic heterocycles. The van der Waals surface area contributed by atoms with Gasteiger partial charge in [-0.3, -0.25) is 10.0 Å². The van der Waals surface area contributed by atoms with Crippen LogP contribution in [0.25, 0.3) is 12.2 Å². The average molecular weight is 344 g/mol. The summed E-state index contributed by atoms with van der Waals surface area (Å²) in [5.74, 6) is -0.680. The van der Waals surface area contributed by atoms with Crippen molar-refractivity contribution in [1.29, 1.82) is 0 Å². The molecule has 1 amide bonds. The molecule has 1 heterocycles. The van der Waals surface area contributed by atoms with E-state index in [0.29, 0.717) is 6.42 Å². The van der Waals surface area contributed by atoms with Crippen LogP contribution in [-0.2, 0) is 4.79 Å². The van der Waals surface area contributed by atoms with Crippen molar-refractivity contribution in [3.8, 4) is 0 Å². The molecule has 0 saturated heterocycles. The van der Waals surface area contributed by atoms with Gasteiger partial charge in [0.1, 0.15) is 0 Å². The van der Waals surface area contributed by atoms with Crippen molar-refractivity contribution < 1.29 is 10.0 Å². The molecule has 1 aliphatic carbocycles. The number of fused-ring (bicyclic) bond motifs is 2. The van der Waals surface area contributed by atoms with Crippen molar-refractivity contribution >= 4 is 29.4 Å². The minimum atomic E-state index is -0.369. The van der Waals surface area contributed by atoms with Crippen LogP contribution >= 0.6 is 0 Å². The van der Waals surface area contributed by atoms with Gasteiger partial charge >= 0.3 is 0 Å². The van der Waals surface area contributed by atoms with E-state index in [9.17, 15) is 4.79 Å². The summed E-state index contributed by atoms with van der Waals surface area (Å²) in [7, 11) is 0. The van der Waals surface area contributed by atoms with Crippen LogP contribution in [0.5, 0.6) is 0 Å². The van der Waals surface area contributed by atoms with Gasteiger partial charge < -0.3 is 4.90 Å². The summed E-state index contributed by atoms with van der Waals surface area (Å²) in [5.41, 5.74) is 7.57. The Bertz CT molecular complexity index is 878. The Morgan fingerprint density at radius 3 is 2.15 bits per heavy atom. The molecule has 2 aliphatic rings. The maximum atomic E-state index is 11.6. The maximum Gasteiger partial charge on any atom is 0.250 e. The minimum absolute atomic E-state index is 0.311. The van der Waals surface area contributed by atoms with Gasteiger partial charge in [-0.2, -0.15) is 0 Å². The number of benzene rings is 2. The Balaban J connectivity index is 1.67. The molecular formula is C22H20N2O2. The van der Waals surface area contributed by atoms with Gasteiger partial charge in [0.25, 0.3) is 5.91 Å². The van der Waals surface area contributed by atoms with Crippen LogP contribution in [0, 0.1) is 5.92 Å². The molecule has 0 aromatic heterocycles. The van der Waals surface area contributed by atoms with Gasteiger partial charge in [0.15, 0.2) is 0 Å². The summed E-state index contributed by atoms with van der Waals surface area (Å²) in [5, 5.41) is 8.79. The summed E-state index contributed by atoms with van der Waals surface area (Å²) in [6.45, 7) is 0.722. The van der Waals surface area contributed by atoms with Crippen molar-refractivity contribution in [2.45, 2.75) is 6.42 Å². The number of nitrogens with one attached hydrogen (secondary N) is 1. The third-order valence-electron chi connectivity index (χ3n) is 4.86. The largest absolute Gasteiger partial charge is 0.336 e. The molecule has 0 radical (unpaired) electrons. The Kier molecular flexibility index (Phi) is 4.42. The smallest absolute Gasteiger partial charge is 0.250 e. The molecule has 4 nitrogen and oxygen atoms in total. The van der Waals surface area contributed by atoms with Crippen LogP contribution < -0.4 is 10.4 Å². The molecule has 0 bridgehead atoms. The molecule has 0 saturated carbocycles. The van der Waals surface area contributed by atoms with Crippen LogP contribution in [0.15, 0.2) is 72.3 Å². The number of hydrogen-bond donors (Lipinski definition) is 2. The fraction of sp³-hybridized carbons (Fsp3) is 0.136. The topological polar surface area (TPSA) is 52.6 Å². The molecule has 2 aromatic rings. The normalized spacial score (nSPS) is 17.8. The lowest BCUT2D eigenvalue weighted by Crippen LogP contribution is -2.28. The van der Waals surface area contributed by atoms with E-state index in [1.54, 1.807) is 5.48 Å². The molecule has 4 heteroatoms. The van der Waals surface area contributed by atoms with Gasteiger partial charge in [0.2, 0.25) is 0 Å². The molecule has 2 N–H and O–H groups in total. The molecule has 1 unspecified atom stereocenters. The summed E-state index contributed by atoms with van der Waals surface area (Å²) in [6.07, 6.45) is 10.8. The minimum Gasteiger partial charge on any atom is -0.336 e. The third-order valence-corrected chi connectivity index (χ3v) is 4.86. The molecule has 4 rings (SSSR count). The van der Waals surface area contributed by atoms with Crippen molar-refractivity contribution in [1.82, 2.24) is 5.48 Å². The van der Waals surface area contributed by atoms with Gasteiger partial charge in [-0.1, -0.05) is 66.8 Å². The van der Waals surface area contributed by atoms with E-state index in [1.807, 2.05) is 12.2 Å². The lowest BCUT2D eigenvalue weighted by Gasteiger charge is -2.28. The Morgan fingerprint density at radius 2 is 1.62 bits per heavy atom. The van der Waals surface area contributed by atoms with E-state index in [1.165, 1.54) is 22.5 Å². The highest BCUT2D eigenvalue weighted by molar-refractivity contribution is 5.89. The van der Waals surface area contributed by atoms with Gasteiger partial charge in [-0.15, -0.1) is 0 Å². The molecule has 0 fully saturated rings. The number of carbonyl (C=O) groups is 1. The van der Waals surface area contributed by atoms with Gasteiger partial charge in [0, 0.05) is 17.9 Å². The van der Waals surface area contributed by atoms with E-state index < -0.39 is 0 Å². The number of hydroxylamine groups is 1. The van der Waals surface area contributed by atoms with E-state index >= 15 is 0 Å². The maximum absolute atomic E-state index is 11.6. The first-order valence-corrected chi connectivity index (χ1v) is 8.71. The number of anilines is 2. The number of hydrogen-bond acceptors (Lipinski definition) is 3. The van der Waals surface area contributed by atoms with E-state index in [-0.39, 0.29) is 11.8 Å². The summed E-state index contributed by atoms with van der Waals surface area (Å²) in [6, 6.07) is 16.7. The highest BCUT2D eigenvalue weighted by atomic mass is 16.5. The van der Waals surface area contributed by atoms with Crippen molar-refractivity contribution in [3.63, 3.8) is 0 Å². The van der Waals surface area contributed by atoms with Crippen molar-refractivity contribution in [2.75, 3.05) is 11.4 Å². The van der Waals surface area contributed by atoms with Crippen molar-refractivity contribution in [2.24, 2.45) is 5.92 Å². The molecule has 1 atom stereocenters. The zero-order chi connectivity index (χ0) is 17.9. The monoisotopic (exact) mass is 344 g/mol. The van der Waals surface area contributed by atoms with E-state index in [2.05, 4.69) is 71.7 Å². The van der Waals surface area contributed by atoms with Crippen molar-refractivity contribution in [3.05, 3.63) is 83.5 Å². The standard InChI is InChI=1S/C22H20N2O2/c25-22(23-26)19-11-9-16(10-12-19)15-24-20-7-3-1-5-17(20)13-14-18-6-2-4-8-21(18)24/h1-11,13-14,19,26H,12,15H2,(H,23,25). The van der Waals surface area contributed by atoms with Crippen LogP contribution in [0.4, 0.5) is 11.4 Å². The van der Waals surface area contributed by atoms with E-state index in [4.69, 9.17) is 5.21 Å². The molecule has 26 heavy (non-hydrogen) atoms. The predicted molar refractivity (Wildman–Crippen MR) is 104 cm³/mol. The Labute approximate surface area is 152 Å². The van der Waals surface area contributed by atoms with Crippen LogP contribution in [0.3, 0.4) is 0 Å². The zero-order valence-corrected chi connectivity index (χ0v) is 14.3. The van der Waals surface area contributed by atoms with E-state index in [0.717, 1.165) is 12.1 Å². The second-order valence-electron chi connectivity index (χ2n) is 6.49. The molecule has 130 valence electrons. The number of allylic oxidation sites excluding steroid dienone is 1. The number of amides is 1. The Morgan fingerprint density at radius 1 is 1.00 bits per heavy atom. The lowest BCUT2D eigenvalue weighted by atomic mass is 9.95. The molecule has 0 spiro atoms.